The molecule has 0 spiro atoms. The minimum absolute atomic E-state index is 0.0185. The highest BCUT2D eigenvalue weighted by Crippen LogP contribution is 2.34. The molecule has 0 aromatic rings. The van der Waals surface area contributed by atoms with Crippen LogP contribution in [-0.2, 0) is 9.59 Å². The monoisotopic (exact) mass is 254 g/mol. The lowest BCUT2D eigenvalue weighted by Crippen LogP contribution is -2.48. The predicted molar refractivity (Wildman–Crippen MR) is 67.2 cm³/mol. The van der Waals surface area contributed by atoms with Gasteiger partial charge < -0.3 is 15.7 Å². The Bertz CT molecular complexity index is 307. The van der Waals surface area contributed by atoms with Gasteiger partial charge in [0.1, 0.15) is 0 Å². The van der Waals surface area contributed by atoms with E-state index in [1.54, 1.807) is 0 Å². The Morgan fingerprint density at radius 2 is 2.00 bits per heavy atom. The maximum Gasteiger partial charge on any atom is 0.305 e. The number of rotatable bonds is 5. The lowest BCUT2D eigenvalue weighted by Gasteiger charge is -2.21. The van der Waals surface area contributed by atoms with Crippen LogP contribution in [0.2, 0.25) is 0 Å². The standard InChI is InChI=1S/C13H22N2O3/c16-12(17)8-11(9-5-6-9)15-13(18)10-4-2-1-3-7-14-10/h9-11,14H,1-8H2,(H,15,18)(H,16,17). The van der Waals surface area contributed by atoms with Gasteiger partial charge in [0.2, 0.25) is 5.91 Å². The fraction of sp³-hybridized carbons (Fsp3) is 0.846. The summed E-state index contributed by atoms with van der Waals surface area (Å²) >= 11 is 0. The van der Waals surface area contributed by atoms with Crippen LogP contribution in [-0.4, -0.2) is 35.6 Å². The van der Waals surface area contributed by atoms with Gasteiger partial charge in [-0.1, -0.05) is 12.8 Å². The first-order valence-corrected chi connectivity index (χ1v) is 6.92. The molecule has 5 nitrogen and oxygen atoms in total. The number of carboxylic acids is 1. The number of carbonyl (C=O) groups excluding carboxylic acids is 1. The molecular formula is C13H22N2O3. The maximum atomic E-state index is 12.1. The highest BCUT2D eigenvalue weighted by Gasteiger charge is 2.34. The van der Waals surface area contributed by atoms with E-state index in [9.17, 15) is 9.59 Å². The quantitative estimate of drug-likeness (QED) is 0.681. The summed E-state index contributed by atoms with van der Waals surface area (Å²) in [6, 6.07) is -0.317. The van der Waals surface area contributed by atoms with Crippen molar-refractivity contribution in [2.24, 2.45) is 5.92 Å². The number of hydrogen-bond donors (Lipinski definition) is 3. The van der Waals surface area contributed by atoms with E-state index >= 15 is 0 Å². The molecule has 1 aliphatic heterocycles. The van der Waals surface area contributed by atoms with Gasteiger partial charge in [0.25, 0.3) is 0 Å². The van der Waals surface area contributed by atoms with E-state index in [4.69, 9.17) is 5.11 Å². The first-order chi connectivity index (χ1) is 8.66. The van der Waals surface area contributed by atoms with Gasteiger partial charge >= 0.3 is 5.97 Å². The molecule has 18 heavy (non-hydrogen) atoms. The maximum absolute atomic E-state index is 12.1. The van der Waals surface area contributed by atoms with Crippen molar-refractivity contribution in [3.8, 4) is 0 Å². The Morgan fingerprint density at radius 3 is 2.67 bits per heavy atom. The van der Waals surface area contributed by atoms with Crippen molar-refractivity contribution in [3.05, 3.63) is 0 Å². The molecule has 2 unspecified atom stereocenters. The van der Waals surface area contributed by atoms with Crippen molar-refractivity contribution in [1.82, 2.24) is 10.6 Å². The summed E-state index contributed by atoms with van der Waals surface area (Å²) in [6.07, 6.45) is 6.33. The fourth-order valence-electron chi connectivity index (χ4n) is 2.56. The molecule has 1 saturated heterocycles. The van der Waals surface area contributed by atoms with E-state index in [1.807, 2.05) is 0 Å². The summed E-state index contributed by atoms with van der Waals surface area (Å²) in [5.41, 5.74) is 0. The second-order valence-corrected chi connectivity index (χ2v) is 5.41. The summed E-state index contributed by atoms with van der Waals surface area (Å²) in [5, 5.41) is 15.0. The molecule has 1 amide bonds. The lowest BCUT2D eigenvalue weighted by molar-refractivity contribution is -0.138. The molecule has 0 aromatic heterocycles. The van der Waals surface area contributed by atoms with Crippen molar-refractivity contribution in [1.29, 1.82) is 0 Å². The van der Waals surface area contributed by atoms with Gasteiger partial charge in [-0.25, -0.2) is 0 Å². The van der Waals surface area contributed by atoms with Crippen molar-refractivity contribution in [3.63, 3.8) is 0 Å². The molecule has 0 aromatic carbocycles. The fourth-order valence-corrected chi connectivity index (χ4v) is 2.56. The molecule has 1 heterocycles. The van der Waals surface area contributed by atoms with Gasteiger partial charge in [-0.05, 0) is 38.1 Å². The number of nitrogens with one attached hydrogen (secondary N) is 2. The molecule has 2 atom stereocenters. The van der Waals surface area contributed by atoms with Gasteiger partial charge in [-0.3, -0.25) is 9.59 Å². The van der Waals surface area contributed by atoms with E-state index in [2.05, 4.69) is 10.6 Å². The average molecular weight is 254 g/mol. The topological polar surface area (TPSA) is 78.4 Å². The van der Waals surface area contributed by atoms with Crippen LogP contribution in [0.4, 0.5) is 0 Å². The average Bonchev–Trinajstić information content (AvgIpc) is 3.15. The largest absolute Gasteiger partial charge is 0.481 e. The molecule has 102 valence electrons. The normalized spacial score (nSPS) is 26.1. The van der Waals surface area contributed by atoms with Gasteiger partial charge in [-0.15, -0.1) is 0 Å². The highest BCUT2D eigenvalue weighted by molar-refractivity contribution is 5.82. The summed E-state index contributed by atoms with van der Waals surface area (Å²) < 4.78 is 0. The van der Waals surface area contributed by atoms with Gasteiger partial charge in [0.05, 0.1) is 12.5 Å². The molecule has 1 saturated carbocycles. The third-order valence-electron chi connectivity index (χ3n) is 3.79. The number of amides is 1. The molecule has 0 radical (unpaired) electrons. The second kappa shape index (κ2) is 6.18. The summed E-state index contributed by atoms with van der Waals surface area (Å²) in [7, 11) is 0. The van der Waals surface area contributed by atoms with Crippen molar-refractivity contribution >= 4 is 11.9 Å². The van der Waals surface area contributed by atoms with E-state index in [0.29, 0.717) is 5.92 Å². The van der Waals surface area contributed by atoms with Crippen LogP contribution in [0, 0.1) is 5.92 Å². The van der Waals surface area contributed by atoms with Gasteiger partial charge in [0, 0.05) is 6.04 Å². The Kier molecular flexibility index (Phi) is 4.58. The molecule has 5 heteroatoms. The summed E-state index contributed by atoms with van der Waals surface area (Å²) in [4.78, 5) is 22.9. The zero-order chi connectivity index (χ0) is 13.0. The number of aliphatic carboxylic acids is 1. The summed E-state index contributed by atoms with van der Waals surface area (Å²) in [5.74, 6) is -0.480. The Labute approximate surface area is 107 Å². The third-order valence-corrected chi connectivity index (χ3v) is 3.79. The molecule has 2 aliphatic rings. The van der Waals surface area contributed by atoms with Gasteiger partial charge in [0.15, 0.2) is 0 Å². The van der Waals surface area contributed by atoms with Crippen LogP contribution in [0.1, 0.15) is 44.9 Å². The Balaban J connectivity index is 1.85. The highest BCUT2D eigenvalue weighted by atomic mass is 16.4. The Morgan fingerprint density at radius 1 is 1.22 bits per heavy atom. The number of carbonyl (C=O) groups is 2. The van der Waals surface area contributed by atoms with Crippen LogP contribution < -0.4 is 10.6 Å². The van der Waals surface area contributed by atoms with Crippen LogP contribution in [0.5, 0.6) is 0 Å². The van der Waals surface area contributed by atoms with Crippen molar-refractivity contribution in [2.45, 2.75) is 57.0 Å². The minimum atomic E-state index is -0.832. The molecule has 0 bridgehead atoms. The van der Waals surface area contributed by atoms with E-state index < -0.39 is 5.97 Å². The first-order valence-electron chi connectivity index (χ1n) is 6.92. The zero-order valence-corrected chi connectivity index (χ0v) is 10.7. The number of hydrogen-bond acceptors (Lipinski definition) is 3. The van der Waals surface area contributed by atoms with E-state index in [-0.39, 0.29) is 24.4 Å². The van der Waals surface area contributed by atoms with Crippen LogP contribution in [0.3, 0.4) is 0 Å². The van der Waals surface area contributed by atoms with Crippen LogP contribution >= 0.6 is 0 Å². The molecule has 1 aliphatic carbocycles. The van der Waals surface area contributed by atoms with E-state index in [1.165, 1.54) is 0 Å². The Hall–Kier alpha value is -1.10. The lowest BCUT2D eigenvalue weighted by atomic mass is 10.1. The van der Waals surface area contributed by atoms with Crippen molar-refractivity contribution in [2.75, 3.05) is 6.54 Å². The predicted octanol–water partition coefficient (Wildman–Crippen LogP) is 0.888. The van der Waals surface area contributed by atoms with E-state index in [0.717, 1.165) is 45.1 Å². The third kappa shape index (κ3) is 3.98. The molecule has 3 N–H and O–H groups in total. The summed E-state index contributed by atoms with van der Waals surface area (Å²) in [6.45, 7) is 0.880. The smallest absolute Gasteiger partial charge is 0.305 e. The van der Waals surface area contributed by atoms with Gasteiger partial charge in [-0.2, -0.15) is 0 Å². The zero-order valence-electron chi connectivity index (χ0n) is 10.7. The van der Waals surface area contributed by atoms with Crippen LogP contribution in [0.25, 0.3) is 0 Å². The van der Waals surface area contributed by atoms with Crippen molar-refractivity contribution < 1.29 is 14.7 Å². The van der Waals surface area contributed by atoms with Crippen LogP contribution in [0.15, 0.2) is 0 Å². The SMILES string of the molecule is O=C(O)CC(NC(=O)C1CCCCCN1)C1CC1. The number of carboxylic acid groups (broad SMARTS) is 1. The second-order valence-electron chi connectivity index (χ2n) is 5.41. The minimum Gasteiger partial charge on any atom is -0.481 e. The first kappa shape index (κ1) is 13.3. The molecule has 2 rings (SSSR count). The molecular weight excluding hydrogens is 232 g/mol. The molecule has 2 fully saturated rings.